The largest absolute Gasteiger partial charge is 0.294 e. The molecular weight excluding hydrogens is 220 g/mol. The van der Waals surface area contributed by atoms with Gasteiger partial charge in [0.2, 0.25) is 0 Å². The fourth-order valence-electron chi connectivity index (χ4n) is 3.91. The van der Waals surface area contributed by atoms with E-state index in [-0.39, 0.29) is 10.8 Å². The molecule has 2 unspecified atom stereocenters. The van der Waals surface area contributed by atoms with E-state index in [4.69, 9.17) is 0 Å². The molecule has 2 saturated carbocycles. The van der Waals surface area contributed by atoms with Crippen molar-refractivity contribution in [2.45, 2.75) is 33.6 Å². The second-order valence-corrected chi connectivity index (χ2v) is 6.53. The van der Waals surface area contributed by atoms with Gasteiger partial charge in [0.05, 0.1) is 0 Å². The Hall–Kier alpha value is -1.37. The molecule has 0 heterocycles. The maximum absolute atomic E-state index is 12.6. The Morgan fingerprint density at radius 3 is 2.28 bits per heavy atom. The van der Waals surface area contributed by atoms with Gasteiger partial charge in [-0.1, -0.05) is 51.1 Å². The van der Waals surface area contributed by atoms with Gasteiger partial charge >= 0.3 is 0 Å². The topological polar surface area (TPSA) is 17.1 Å². The van der Waals surface area contributed by atoms with Crippen molar-refractivity contribution in [2.24, 2.45) is 16.7 Å². The van der Waals surface area contributed by atoms with Crippen LogP contribution in [0.1, 0.15) is 39.2 Å². The first kappa shape index (κ1) is 11.7. The number of allylic oxidation sites excluding steroid dienone is 1. The zero-order valence-corrected chi connectivity index (χ0v) is 11.4. The fraction of sp³-hybridized carbons (Fsp3) is 0.471. The van der Waals surface area contributed by atoms with Crippen LogP contribution in [0, 0.1) is 16.7 Å². The molecule has 0 radical (unpaired) electrons. The Kier molecular flexibility index (Phi) is 2.32. The van der Waals surface area contributed by atoms with Gasteiger partial charge in [-0.25, -0.2) is 0 Å². The summed E-state index contributed by atoms with van der Waals surface area (Å²) in [6, 6.07) is 10.2. The van der Waals surface area contributed by atoms with E-state index in [0.29, 0.717) is 11.7 Å². The van der Waals surface area contributed by atoms with Gasteiger partial charge in [0, 0.05) is 11.0 Å². The van der Waals surface area contributed by atoms with Crippen LogP contribution in [0.25, 0.3) is 6.08 Å². The number of hydrogen-bond acceptors (Lipinski definition) is 1. The van der Waals surface area contributed by atoms with Crippen molar-refractivity contribution in [3.63, 3.8) is 0 Å². The van der Waals surface area contributed by atoms with Gasteiger partial charge in [-0.15, -0.1) is 0 Å². The highest BCUT2D eigenvalue weighted by molar-refractivity contribution is 6.08. The molecule has 0 bridgehead atoms. The van der Waals surface area contributed by atoms with Gasteiger partial charge in [-0.3, -0.25) is 4.79 Å². The van der Waals surface area contributed by atoms with Gasteiger partial charge in [0.25, 0.3) is 0 Å². The molecule has 1 aromatic carbocycles. The number of carbonyl (C=O) groups excluding carboxylic acids is 1. The highest BCUT2D eigenvalue weighted by Crippen LogP contribution is 2.65. The second kappa shape index (κ2) is 3.57. The Morgan fingerprint density at radius 2 is 1.83 bits per heavy atom. The maximum Gasteiger partial charge on any atom is 0.165 e. The van der Waals surface area contributed by atoms with Gasteiger partial charge in [0.1, 0.15) is 0 Å². The summed E-state index contributed by atoms with van der Waals surface area (Å²) in [7, 11) is 0. The number of Topliss-reactive ketones (excluding diaryl/α,β-unsaturated/α-hetero) is 1. The van der Waals surface area contributed by atoms with E-state index in [1.54, 1.807) is 0 Å². The lowest BCUT2D eigenvalue weighted by Gasteiger charge is -2.45. The molecule has 1 heteroatoms. The SMILES string of the molecule is CC1(C)C(=Cc2ccccc2)C(=O)C2(C)CCC12. The van der Waals surface area contributed by atoms with Gasteiger partial charge in [-0.05, 0) is 35.8 Å². The molecule has 0 N–H and O–H groups in total. The third-order valence-corrected chi connectivity index (χ3v) is 5.16. The third-order valence-electron chi connectivity index (χ3n) is 5.16. The van der Waals surface area contributed by atoms with E-state index in [1.165, 1.54) is 6.42 Å². The van der Waals surface area contributed by atoms with Crippen LogP contribution in [0.5, 0.6) is 0 Å². The Bertz CT molecular complexity index is 524. The van der Waals surface area contributed by atoms with Crippen LogP contribution in [-0.2, 0) is 4.79 Å². The predicted molar refractivity (Wildman–Crippen MR) is 74.0 cm³/mol. The summed E-state index contributed by atoms with van der Waals surface area (Å²) >= 11 is 0. The smallest absolute Gasteiger partial charge is 0.165 e. The summed E-state index contributed by atoms with van der Waals surface area (Å²) in [6.07, 6.45) is 4.36. The summed E-state index contributed by atoms with van der Waals surface area (Å²) < 4.78 is 0. The number of fused-ring (bicyclic) bond motifs is 1. The lowest BCUT2D eigenvalue weighted by atomic mass is 9.57. The number of ketones is 1. The van der Waals surface area contributed by atoms with Gasteiger partial charge in [0.15, 0.2) is 5.78 Å². The summed E-state index contributed by atoms with van der Waals surface area (Å²) in [6.45, 7) is 6.61. The molecule has 1 aromatic rings. The molecule has 0 spiro atoms. The van der Waals surface area contributed by atoms with E-state index < -0.39 is 0 Å². The Labute approximate surface area is 109 Å². The van der Waals surface area contributed by atoms with Crippen molar-refractivity contribution in [2.75, 3.05) is 0 Å². The van der Waals surface area contributed by atoms with Crippen molar-refractivity contribution in [1.82, 2.24) is 0 Å². The Balaban J connectivity index is 2.07. The van der Waals surface area contributed by atoms with E-state index in [9.17, 15) is 4.79 Å². The lowest BCUT2D eigenvalue weighted by Crippen LogP contribution is -2.41. The van der Waals surface area contributed by atoms with Crippen LogP contribution in [0.2, 0.25) is 0 Å². The van der Waals surface area contributed by atoms with Crippen molar-refractivity contribution in [3.05, 3.63) is 41.5 Å². The molecule has 2 atom stereocenters. The van der Waals surface area contributed by atoms with Crippen molar-refractivity contribution in [3.8, 4) is 0 Å². The van der Waals surface area contributed by atoms with Crippen molar-refractivity contribution < 1.29 is 4.79 Å². The normalized spacial score (nSPS) is 35.4. The number of hydrogen-bond donors (Lipinski definition) is 0. The average Bonchev–Trinajstić information content (AvgIpc) is 2.41. The molecular formula is C17H20O. The molecule has 0 aromatic heterocycles. The van der Waals surface area contributed by atoms with Crippen LogP contribution in [0.15, 0.2) is 35.9 Å². The maximum atomic E-state index is 12.6. The minimum atomic E-state index is -0.0793. The molecule has 3 rings (SSSR count). The van der Waals surface area contributed by atoms with Crippen LogP contribution < -0.4 is 0 Å². The predicted octanol–water partition coefficient (Wildman–Crippen LogP) is 4.10. The summed E-state index contributed by atoms with van der Waals surface area (Å²) in [5.74, 6) is 0.917. The van der Waals surface area contributed by atoms with Crippen LogP contribution in [0.3, 0.4) is 0 Å². The minimum Gasteiger partial charge on any atom is -0.294 e. The van der Waals surface area contributed by atoms with Crippen LogP contribution in [-0.4, -0.2) is 5.78 Å². The third kappa shape index (κ3) is 1.36. The van der Waals surface area contributed by atoms with E-state index in [0.717, 1.165) is 17.6 Å². The molecule has 18 heavy (non-hydrogen) atoms. The first-order chi connectivity index (χ1) is 8.46. The van der Waals surface area contributed by atoms with Gasteiger partial charge in [-0.2, -0.15) is 0 Å². The average molecular weight is 240 g/mol. The standard InChI is InChI=1S/C17H20O/c1-16(2)13(11-12-7-5-4-6-8-12)15(18)17(3)10-9-14(16)17/h4-8,11,14H,9-10H2,1-3H3. The van der Waals surface area contributed by atoms with Crippen LogP contribution >= 0.6 is 0 Å². The van der Waals surface area contributed by atoms with Crippen LogP contribution in [0.4, 0.5) is 0 Å². The number of carbonyl (C=O) groups is 1. The summed E-state index contributed by atoms with van der Waals surface area (Å²) in [4.78, 5) is 12.6. The zero-order valence-electron chi connectivity index (χ0n) is 11.4. The second-order valence-electron chi connectivity index (χ2n) is 6.53. The lowest BCUT2D eigenvalue weighted by molar-refractivity contribution is -0.129. The minimum absolute atomic E-state index is 0.0277. The molecule has 2 aliphatic rings. The highest BCUT2D eigenvalue weighted by atomic mass is 16.1. The quantitative estimate of drug-likeness (QED) is 0.675. The van der Waals surface area contributed by atoms with Crippen molar-refractivity contribution in [1.29, 1.82) is 0 Å². The summed E-state index contributed by atoms with van der Waals surface area (Å²) in [5, 5.41) is 0. The molecule has 2 fully saturated rings. The molecule has 0 amide bonds. The molecule has 2 aliphatic carbocycles. The van der Waals surface area contributed by atoms with E-state index >= 15 is 0 Å². The first-order valence-electron chi connectivity index (χ1n) is 6.78. The Morgan fingerprint density at radius 1 is 1.17 bits per heavy atom. The monoisotopic (exact) mass is 240 g/mol. The molecule has 1 nitrogen and oxygen atoms in total. The van der Waals surface area contributed by atoms with Crippen molar-refractivity contribution >= 4 is 11.9 Å². The fourth-order valence-corrected chi connectivity index (χ4v) is 3.91. The molecule has 0 aliphatic heterocycles. The molecule has 94 valence electrons. The number of rotatable bonds is 1. The summed E-state index contributed by atoms with van der Waals surface area (Å²) in [5.41, 5.74) is 2.11. The molecule has 0 saturated heterocycles. The first-order valence-corrected chi connectivity index (χ1v) is 6.78. The van der Waals surface area contributed by atoms with E-state index in [2.05, 4.69) is 39.0 Å². The highest BCUT2D eigenvalue weighted by Gasteiger charge is 2.63. The van der Waals surface area contributed by atoms with Gasteiger partial charge < -0.3 is 0 Å². The van der Waals surface area contributed by atoms with E-state index in [1.807, 2.05) is 18.2 Å². The zero-order chi connectivity index (χ0) is 13.0. The number of benzene rings is 1.